The first kappa shape index (κ1) is 11.7. The molecule has 90 valence electrons. The molecule has 3 nitrogen and oxygen atoms in total. The molecular weight excluding hydrogens is 224 g/mol. The molecule has 2 rings (SSSR count). The van der Waals surface area contributed by atoms with Gasteiger partial charge in [0.1, 0.15) is 11.5 Å². The monoisotopic (exact) mass is 237 g/mol. The molecule has 0 fully saturated rings. The highest BCUT2D eigenvalue weighted by Gasteiger charge is 2.14. The van der Waals surface area contributed by atoms with Crippen LogP contribution in [0, 0.1) is 18.6 Å². The molecule has 0 saturated carbocycles. The van der Waals surface area contributed by atoms with Crippen LogP contribution in [-0.2, 0) is 6.54 Å². The summed E-state index contributed by atoms with van der Waals surface area (Å²) in [5.41, 5.74) is 0.490. The van der Waals surface area contributed by atoms with Gasteiger partial charge in [0, 0.05) is 18.9 Å². The number of aromatic nitrogens is 2. The molecule has 17 heavy (non-hydrogen) atoms. The van der Waals surface area contributed by atoms with Gasteiger partial charge in [-0.1, -0.05) is 0 Å². The van der Waals surface area contributed by atoms with Crippen LogP contribution in [0.25, 0.3) is 5.69 Å². The van der Waals surface area contributed by atoms with Crippen LogP contribution in [0.5, 0.6) is 0 Å². The third kappa shape index (κ3) is 2.19. The van der Waals surface area contributed by atoms with Gasteiger partial charge in [-0.3, -0.25) is 4.57 Å². The normalized spacial score (nSPS) is 10.8. The fraction of sp³-hybridized carbons (Fsp3) is 0.250. The zero-order valence-electron chi connectivity index (χ0n) is 9.67. The van der Waals surface area contributed by atoms with E-state index >= 15 is 0 Å². The van der Waals surface area contributed by atoms with E-state index < -0.39 is 11.6 Å². The van der Waals surface area contributed by atoms with E-state index in [1.165, 1.54) is 29.1 Å². The lowest BCUT2D eigenvalue weighted by Crippen LogP contribution is -2.08. The second-order valence-electron chi connectivity index (χ2n) is 3.78. The average molecular weight is 237 g/mol. The van der Waals surface area contributed by atoms with Crippen molar-refractivity contribution < 1.29 is 8.78 Å². The first-order valence-corrected chi connectivity index (χ1v) is 5.26. The quantitative estimate of drug-likeness (QED) is 0.886. The molecule has 0 bridgehead atoms. The fourth-order valence-electron chi connectivity index (χ4n) is 1.77. The Morgan fingerprint density at radius 1 is 1.29 bits per heavy atom. The van der Waals surface area contributed by atoms with Crippen molar-refractivity contribution >= 4 is 0 Å². The second kappa shape index (κ2) is 4.63. The molecule has 1 N–H and O–H groups in total. The molecule has 1 aromatic heterocycles. The molecule has 0 aliphatic rings. The Labute approximate surface area is 98.1 Å². The number of aryl methyl sites for hydroxylation is 1. The topological polar surface area (TPSA) is 29.9 Å². The minimum absolute atomic E-state index is 0.0835. The van der Waals surface area contributed by atoms with Gasteiger partial charge < -0.3 is 5.32 Å². The molecule has 0 aliphatic carbocycles. The van der Waals surface area contributed by atoms with Gasteiger partial charge in [-0.2, -0.15) is 0 Å². The lowest BCUT2D eigenvalue weighted by atomic mass is 10.2. The molecular formula is C12H13F2N3. The predicted octanol–water partition coefficient (Wildman–Crippen LogP) is 2.18. The Kier molecular flexibility index (Phi) is 3.19. The molecule has 0 radical (unpaired) electrons. The zero-order valence-corrected chi connectivity index (χ0v) is 9.67. The Bertz CT molecular complexity index is 511. The maximum Gasteiger partial charge on any atom is 0.150 e. The van der Waals surface area contributed by atoms with E-state index in [2.05, 4.69) is 10.3 Å². The van der Waals surface area contributed by atoms with E-state index in [9.17, 15) is 8.78 Å². The van der Waals surface area contributed by atoms with E-state index in [-0.39, 0.29) is 5.69 Å². The van der Waals surface area contributed by atoms with Crippen LogP contribution in [0.4, 0.5) is 8.78 Å². The molecule has 0 spiro atoms. The van der Waals surface area contributed by atoms with Crippen molar-refractivity contribution in [2.45, 2.75) is 13.5 Å². The molecule has 0 atom stereocenters. The van der Waals surface area contributed by atoms with Gasteiger partial charge in [0.05, 0.1) is 0 Å². The Hall–Kier alpha value is -1.75. The maximum absolute atomic E-state index is 13.9. The maximum atomic E-state index is 13.9. The van der Waals surface area contributed by atoms with Crippen molar-refractivity contribution in [1.82, 2.24) is 14.9 Å². The highest BCUT2D eigenvalue weighted by atomic mass is 19.1. The highest BCUT2D eigenvalue weighted by Crippen LogP contribution is 2.20. The van der Waals surface area contributed by atoms with Gasteiger partial charge in [0.2, 0.25) is 0 Å². The molecule has 1 heterocycles. The van der Waals surface area contributed by atoms with Crippen LogP contribution in [0.15, 0.2) is 24.5 Å². The summed E-state index contributed by atoms with van der Waals surface area (Å²) in [5.74, 6) is -0.628. The Morgan fingerprint density at radius 2 is 1.94 bits per heavy atom. The summed E-state index contributed by atoms with van der Waals surface area (Å²) in [7, 11) is 1.73. The molecule has 2 aromatic rings. The summed E-state index contributed by atoms with van der Waals surface area (Å²) in [6.07, 6.45) is 3.05. The standard InChI is InChI=1S/C12H13F2N3/c1-8-16-3-4-17(8)12-10(13)5-9(7-15-2)6-11(12)14/h3-6,15H,7H2,1-2H3. The van der Waals surface area contributed by atoms with Gasteiger partial charge in [-0.25, -0.2) is 13.8 Å². The van der Waals surface area contributed by atoms with Crippen molar-refractivity contribution in [2.75, 3.05) is 7.05 Å². The number of imidazole rings is 1. The number of halogens is 2. The number of rotatable bonds is 3. The number of hydrogen-bond acceptors (Lipinski definition) is 2. The van der Waals surface area contributed by atoms with Crippen molar-refractivity contribution in [3.63, 3.8) is 0 Å². The lowest BCUT2D eigenvalue weighted by Gasteiger charge is -2.10. The van der Waals surface area contributed by atoms with E-state index in [4.69, 9.17) is 0 Å². The molecule has 5 heteroatoms. The number of hydrogen-bond donors (Lipinski definition) is 1. The Morgan fingerprint density at radius 3 is 2.41 bits per heavy atom. The van der Waals surface area contributed by atoms with Crippen LogP contribution in [-0.4, -0.2) is 16.6 Å². The third-order valence-corrected chi connectivity index (χ3v) is 2.52. The number of benzene rings is 1. The first-order valence-electron chi connectivity index (χ1n) is 5.26. The number of nitrogens with one attached hydrogen (secondary N) is 1. The van der Waals surface area contributed by atoms with E-state index in [0.717, 1.165) is 0 Å². The first-order chi connectivity index (χ1) is 8.13. The summed E-state index contributed by atoms with van der Waals surface area (Å²) in [4.78, 5) is 3.95. The predicted molar refractivity (Wildman–Crippen MR) is 61.0 cm³/mol. The Balaban J connectivity index is 2.53. The van der Waals surface area contributed by atoms with E-state index in [1.807, 2.05) is 0 Å². The summed E-state index contributed by atoms with van der Waals surface area (Å²) in [6.45, 7) is 2.12. The summed E-state index contributed by atoms with van der Waals surface area (Å²) in [6, 6.07) is 2.66. The second-order valence-corrected chi connectivity index (χ2v) is 3.78. The van der Waals surface area contributed by atoms with Crippen molar-refractivity contribution in [3.05, 3.63) is 47.5 Å². The molecule has 0 unspecified atom stereocenters. The molecule has 0 aliphatic heterocycles. The van der Waals surface area contributed by atoms with Gasteiger partial charge in [-0.15, -0.1) is 0 Å². The van der Waals surface area contributed by atoms with Crippen LogP contribution in [0.2, 0.25) is 0 Å². The van der Waals surface area contributed by atoms with Crippen LogP contribution < -0.4 is 5.32 Å². The van der Waals surface area contributed by atoms with Gasteiger partial charge in [0.15, 0.2) is 11.6 Å². The lowest BCUT2D eigenvalue weighted by molar-refractivity contribution is 0.562. The van der Waals surface area contributed by atoms with E-state index in [1.54, 1.807) is 14.0 Å². The van der Waals surface area contributed by atoms with E-state index in [0.29, 0.717) is 17.9 Å². The number of nitrogens with zero attached hydrogens (tertiary/aromatic N) is 2. The van der Waals surface area contributed by atoms with Crippen molar-refractivity contribution in [1.29, 1.82) is 0 Å². The minimum atomic E-state index is -0.587. The SMILES string of the molecule is CNCc1cc(F)c(-n2ccnc2C)c(F)c1. The van der Waals surface area contributed by atoms with Gasteiger partial charge >= 0.3 is 0 Å². The summed E-state index contributed by atoms with van der Waals surface area (Å²) >= 11 is 0. The minimum Gasteiger partial charge on any atom is -0.316 e. The van der Waals surface area contributed by atoms with Crippen LogP contribution >= 0.6 is 0 Å². The largest absolute Gasteiger partial charge is 0.316 e. The summed E-state index contributed by atoms with van der Waals surface area (Å²) in [5, 5.41) is 2.85. The third-order valence-electron chi connectivity index (χ3n) is 2.52. The van der Waals surface area contributed by atoms with Crippen LogP contribution in [0.1, 0.15) is 11.4 Å². The average Bonchev–Trinajstić information content (AvgIpc) is 2.64. The molecule has 0 saturated heterocycles. The van der Waals surface area contributed by atoms with Crippen molar-refractivity contribution in [2.24, 2.45) is 0 Å². The van der Waals surface area contributed by atoms with Gasteiger partial charge in [0.25, 0.3) is 0 Å². The fourth-order valence-corrected chi connectivity index (χ4v) is 1.77. The summed E-state index contributed by atoms with van der Waals surface area (Å²) < 4.78 is 29.1. The van der Waals surface area contributed by atoms with Crippen molar-refractivity contribution in [3.8, 4) is 5.69 Å². The van der Waals surface area contributed by atoms with Crippen LogP contribution in [0.3, 0.4) is 0 Å². The highest BCUT2D eigenvalue weighted by molar-refractivity contribution is 5.39. The zero-order chi connectivity index (χ0) is 12.4. The van der Waals surface area contributed by atoms with Gasteiger partial charge in [-0.05, 0) is 31.7 Å². The molecule has 1 aromatic carbocycles. The molecule has 0 amide bonds. The smallest absolute Gasteiger partial charge is 0.150 e.